The number of nitrogens with two attached hydrogens (primary N) is 1. The summed E-state index contributed by atoms with van der Waals surface area (Å²) in [6, 6.07) is -3.35. The minimum atomic E-state index is -1.27. The number of carboxylic acids is 2. The largest absolute Gasteiger partial charge is 0.481 e. The molecule has 0 aliphatic carbocycles. The first-order chi connectivity index (χ1) is 15.0. The molecule has 0 aromatic carbocycles. The van der Waals surface area contributed by atoms with Crippen LogP contribution in [0.2, 0.25) is 0 Å². The van der Waals surface area contributed by atoms with Crippen LogP contribution in [0.3, 0.4) is 0 Å². The highest BCUT2D eigenvalue weighted by Gasteiger charge is 2.26. The molecule has 8 N–H and O–H groups in total. The quantitative estimate of drug-likeness (QED) is 0.171. The van der Waals surface area contributed by atoms with Crippen molar-refractivity contribution in [3.05, 3.63) is 18.2 Å². The molecule has 3 atom stereocenters. The van der Waals surface area contributed by atoms with Gasteiger partial charge < -0.3 is 36.9 Å². The molecule has 0 radical (unpaired) electrons. The SMILES string of the molecule is CC(C)CC(N)C(=O)NC(CCC(=O)O)C(=O)NCC(=O)NC(Cc1cnc[nH]1)C(=O)O. The van der Waals surface area contributed by atoms with Crippen molar-refractivity contribution in [1.29, 1.82) is 0 Å². The van der Waals surface area contributed by atoms with Crippen LogP contribution in [0.15, 0.2) is 12.5 Å². The predicted molar refractivity (Wildman–Crippen MR) is 111 cm³/mol. The highest BCUT2D eigenvalue weighted by molar-refractivity contribution is 5.92. The van der Waals surface area contributed by atoms with Gasteiger partial charge in [-0.1, -0.05) is 13.8 Å². The molecule has 13 heteroatoms. The minimum absolute atomic E-state index is 0.0416. The predicted octanol–water partition coefficient (Wildman–Crippen LogP) is -1.64. The number of hydrogen-bond acceptors (Lipinski definition) is 7. The van der Waals surface area contributed by atoms with Crippen LogP contribution in [0.25, 0.3) is 0 Å². The van der Waals surface area contributed by atoms with Crippen LogP contribution >= 0.6 is 0 Å². The number of H-pyrrole nitrogens is 1. The summed E-state index contributed by atoms with van der Waals surface area (Å²) < 4.78 is 0. The van der Waals surface area contributed by atoms with E-state index in [9.17, 15) is 29.1 Å². The molecule has 32 heavy (non-hydrogen) atoms. The van der Waals surface area contributed by atoms with E-state index in [1.54, 1.807) is 0 Å². The van der Waals surface area contributed by atoms with Crippen molar-refractivity contribution in [2.75, 3.05) is 6.54 Å². The summed E-state index contributed by atoms with van der Waals surface area (Å²) >= 11 is 0. The van der Waals surface area contributed by atoms with Gasteiger partial charge in [-0.25, -0.2) is 9.78 Å². The fourth-order valence-electron chi connectivity index (χ4n) is 2.78. The molecule has 1 aromatic rings. The zero-order valence-corrected chi connectivity index (χ0v) is 18.0. The Morgan fingerprint density at radius 1 is 1.09 bits per heavy atom. The van der Waals surface area contributed by atoms with Crippen LogP contribution in [-0.2, 0) is 30.4 Å². The van der Waals surface area contributed by atoms with E-state index < -0.39 is 60.8 Å². The van der Waals surface area contributed by atoms with Gasteiger partial charge in [-0.2, -0.15) is 0 Å². The van der Waals surface area contributed by atoms with Crippen molar-refractivity contribution in [2.24, 2.45) is 11.7 Å². The average molecular weight is 454 g/mol. The smallest absolute Gasteiger partial charge is 0.326 e. The van der Waals surface area contributed by atoms with Crippen LogP contribution in [-0.4, -0.2) is 74.5 Å². The standard InChI is InChI=1S/C19H30N6O7/c1-10(2)5-12(20)17(29)25-13(3-4-16(27)28)18(30)22-8-15(26)24-14(19(31)32)6-11-7-21-9-23-11/h7,9-10,12-14H,3-6,8,20H2,1-2H3,(H,21,23)(H,22,30)(H,24,26)(H,25,29)(H,27,28)(H,31,32). The number of aromatic amines is 1. The molecule has 3 amide bonds. The second-order valence-corrected chi connectivity index (χ2v) is 7.69. The number of carbonyl (C=O) groups is 5. The number of amides is 3. The lowest BCUT2D eigenvalue weighted by Crippen LogP contribution is -2.53. The third-order valence-corrected chi connectivity index (χ3v) is 4.38. The maximum absolute atomic E-state index is 12.4. The van der Waals surface area contributed by atoms with Gasteiger partial charge in [0.1, 0.15) is 12.1 Å². The summed E-state index contributed by atoms with van der Waals surface area (Å²) in [5, 5.41) is 25.1. The number of carbonyl (C=O) groups excluding carboxylic acids is 3. The number of imidazole rings is 1. The highest BCUT2D eigenvalue weighted by atomic mass is 16.4. The summed E-state index contributed by atoms with van der Waals surface area (Å²) in [6.45, 7) is 3.18. The summed E-state index contributed by atoms with van der Waals surface area (Å²) in [4.78, 5) is 65.5. The van der Waals surface area contributed by atoms with Crippen molar-refractivity contribution >= 4 is 29.7 Å². The van der Waals surface area contributed by atoms with Crippen LogP contribution in [0.4, 0.5) is 0 Å². The van der Waals surface area contributed by atoms with Gasteiger partial charge in [0.2, 0.25) is 17.7 Å². The number of hydrogen-bond donors (Lipinski definition) is 7. The molecular formula is C19H30N6O7. The molecule has 0 aliphatic rings. The third-order valence-electron chi connectivity index (χ3n) is 4.38. The third kappa shape index (κ3) is 10.0. The Morgan fingerprint density at radius 3 is 2.31 bits per heavy atom. The Balaban J connectivity index is 2.66. The minimum Gasteiger partial charge on any atom is -0.481 e. The van der Waals surface area contributed by atoms with E-state index in [2.05, 4.69) is 25.9 Å². The molecule has 178 valence electrons. The van der Waals surface area contributed by atoms with Gasteiger partial charge in [-0.15, -0.1) is 0 Å². The van der Waals surface area contributed by atoms with Crippen molar-refractivity contribution in [3.8, 4) is 0 Å². The van der Waals surface area contributed by atoms with Crippen molar-refractivity contribution < 1.29 is 34.2 Å². The molecule has 0 spiro atoms. The molecule has 1 heterocycles. The Morgan fingerprint density at radius 2 is 1.78 bits per heavy atom. The summed E-state index contributed by atoms with van der Waals surface area (Å²) in [5.41, 5.74) is 6.29. The Labute approximate surface area is 184 Å². The first-order valence-corrected chi connectivity index (χ1v) is 10.0. The molecule has 0 saturated carbocycles. The van der Waals surface area contributed by atoms with E-state index in [-0.39, 0.29) is 18.8 Å². The zero-order chi connectivity index (χ0) is 24.3. The summed E-state index contributed by atoms with van der Waals surface area (Å²) in [7, 11) is 0. The second-order valence-electron chi connectivity index (χ2n) is 7.69. The van der Waals surface area contributed by atoms with Crippen molar-refractivity contribution in [3.63, 3.8) is 0 Å². The molecule has 0 aliphatic heterocycles. The van der Waals surface area contributed by atoms with Crippen LogP contribution in [0, 0.1) is 5.92 Å². The van der Waals surface area contributed by atoms with Gasteiger partial charge in [0.05, 0.1) is 18.9 Å². The van der Waals surface area contributed by atoms with Crippen LogP contribution in [0.1, 0.15) is 38.8 Å². The molecule has 0 saturated heterocycles. The highest BCUT2D eigenvalue weighted by Crippen LogP contribution is 2.05. The fourth-order valence-corrected chi connectivity index (χ4v) is 2.78. The van der Waals surface area contributed by atoms with Crippen molar-refractivity contribution in [1.82, 2.24) is 25.9 Å². The van der Waals surface area contributed by atoms with E-state index in [1.807, 2.05) is 13.8 Å². The first-order valence-electron chi connectivity index (χ1n) is 10.0. The van der Waals surface area contributed by atoms with Crippen LogP contribution < -0.4 is 21.7 Å². The number of nitrogens with one attached hydrogen (secondary N) is 4. The molecule has 3 unspecified atom stereocenters. The maximum Gasteiger partial charge on any atom is 0.326 e. The molecule has 1 rings (SSSR count). The van der Waals surface area contributed by atoms with Gasteiger partial charge in [0.15, 0.2) is 0 Å². The normalized spacial score (nSPS) is 13.6. The lowest BCUT2D eigenvalue weighted by Gasteiger charge is -2.21. The Bertz CT molecular complexity index is 796. The van der Waals surface area contributed by atoms with E-state index in [4.69, 9.17) is 10.8 Å². The molecular weight excluding hydrogens is 424 g/mol. The molecule has 0 bridgehead atoms. The summed E-state index contributed by atoms with van der Waals surface area (Å²) in [6.07, 6.45) is 2.52. The number of carboxylic acid groups (broad SMARTS) is 2. The topological polar surface area (TPSA) is 217 Å². The lowest BCUT2D eigenvalue weighted by atomic mass is 10.0. The first kappa shape index (κ1) is 26.6. The number of rotatable bonds is 14. The fraction of sp³-hybridized carbons (Fsp3) is 0.579. The zero-order valence-electron chi connectivity index (χ0n) is 18.0. The van der Waals surface area contributed by atoms with E-state index >= 15 is 0 Å². The van der Waals surface area contributed by atoms with Gasteiger partial charge >= 0.3 is 11.9 Å². The van der Waals surface area contributed by atoms with E-state index in [0.29, 0.717) is 12.1 Å². The van der Waals surface area contributed by atoms with E-state index in [1.165, 1.54) is 12.5 Å². The number of aliphatic carboxylic acids is 2. The van der Waals surface area contributed by atoms with E-state index in [0.717, 1.165) is 0 Å². The van der Waals surface area contributed by atoms with Gasteiger partial charge in [0.25, 0.3) is 0 Å². The molecule has 0 fully saturated rings. The van der Waals surface area contributed by atoms with Gasteiger partial charge in [-0.3, -0.25) is 19.2 Å². The second kappa shape index (κ2) is 13.0. The van der Waals surface area contributed by atoms with Crippen molar-refractivity contribution in [2.45, 2.75) is 57.7 Å². The van der Waals surface area contributed by atoms with Gasteiger partial charge in [0, 0.05) is 24.7 Å². The maximum atomic E-state index is 12.4. The molecule has 1 aromatic heterocycles. The summed E-state index contributed by atoms with van der Waals surface area (Å²) in [5.74, 6) is -4.47. The average Bonchev–Trinajstić information content (AvgIpc) is 3.20. The lowest BCUT2D eigenvalue weighted by molar-refractivity contribution is -0.141. The van der Waals surface area contributed by atoms with Crippen LogP contribution in [0.5, 0.6) is 0 Å². The number of nitrogens with zero attached hydrogens (tertiary/aromatic N) is 1. The number of aromatic nitrogens is 2. The monoisotopic (exact) mass is 454 g/mol. The Hall–Kier alpha value is -3.48. The van der Waals surface area contributed by atoms with Gasteiger partial charge in [-0.05, 0) is 18.8 Å². The Kier molecular flexibility index (Phi) is 10.8. The molecule has 13 nitrogen and oxygen atoms in total.